The average Bonchev–Trinajstić information content (AvgIpc) is 2.82. The maximum Gasteiger partial charge on any atom is 0.255 e. The van der Waals surface area contributed by atoms with Crippen LogP contribution in [0.4, 0.5) is 11.4 Å². The Morgan fingerprint density at radius 1 is 0.939 bits per heavy atom. The van der Waals surface area contributed by atoms with Crippen LogP contribution in [-0.4, -0.2) is 43.6 Å². The molecule has 3 aromatic carbocycles. The normalized spacial score (nSPS) is 14.2. The smallest absolute Gasteiger partial charge is 0.255 e. The van der Waals surface area contributed by atoms with Crippen molar-refractivity contribution in [1.82, 2.24) is 4.90 Å². The van der Waals surface area contributed by atoms with Crippen LogP contribution in [0.25, 0.3) is 0 Å². The number of ether oxygens (including phenoxy) is 1. The van der Waals surface area contributed by atoms with E-state index in [0.29, 0.717) is 22.9 Å². The van der Waals surface area contributed by atoms with Gasteiger partial charge in [-0.3, -0.25) is 9.69 Å². The summed E-state index contributed by atoms with van der Waals surface area (Å²) in [7, 11) is 0. The van der Waals surface area contributed by atoms with Gasteiger partial charge in [-0.25, -0.2) is 0 Å². The van der Waals surface area contributed by atoms with Gasteiger partial charge < -0.3 is 15.0 Å². The summed E-state index contributed by atoms with van der Waals surface area (Å²) in [6, 6.07) is 20.7. The summed E-state index contributed by atoms with van der Waals surface area (Å²) in [5.41, 5.74) is 3.36. The molecule has 1 N–H and O–H groups in total. The van der Waals surface area contributed by atoms with E-state index in [0.717, 1.165) is 54.7 Å². The van der Waals surface area contributed by atoms with Crippen LogP contribution >= 0.6 is 23.2 Å². The maximum absolute atomic E-state index is 12.6. The lowest BCUT2D eigenvalue weighted by Gasteiger charge is -2.36. The molecule has 33 heavy (non-hydrogen) atoms. The van der Waals surface area contributed by atoms with E-state index in [1.807, 2.05) is 37.3 Å². The van der Waals surface area contributed by atoms with Crippen molar-refractivity contribution in [3.05, 3.63) is 87.9 Å². The summed E-state index contributed by atoms with van der Waals surface area (Å²) >= 11 is 12.9. The van der Waals surface area contributed by atoms with Crippen LogP contribution in [-0.2, 0) is 6.54 Å². The number of benzene rings is 3. The molecular formula is C26H27Cl2N3O2. The average molecular weight is 484 g/mol. The molecule has 0 aliphatic carbocycles. The van der Waals surface area contributed by atoms with Crippen molar-refractivity contribution < 1.29 is 9.53 Å². The van der Waals surface area contributed by atoms with Crippen LogP contribution in [0.3, 0.4) is 0 Å². The van der Waals surface area contributed by atoms with E-state index >= 15 is 0 Å². The molecule has 3 aromatic rings. The lowest BCUT2D eigenvalue weighted by molar-refractivity contribution is 0.102. The first-order valence-corrected chi connectivity index (χ1v) is 11.8. The van der Waals surface area contributed by atoms with Crippen molar-refractivity contribution in [2.75, 3.05) is 43.0 Å². The van der Waals surface area contributed by atoms with Gasteiger partial charge in [0.1, 0.15) is 5.75 Å². The lowest BCUT2D eigenvalue weighted by Crippen LogP contribution is -2.46. The quantitative estimate of drug-likeness (QED) is 0.449. The molecule has 5 nitrogen and oxygen atoms in total. The van der Waals surface area contributed by atoms with Gasteiger partial charge in [-0.1, -0.05) is 41.4 Å². The molecule has 1 fully saturated rings. The number of carbonyl (C=O) groups excluding carboxylic acids is 1. The number of halogens is 2. The first-order valence-electron chi connectivity index (χ1n) is 11.1. The van der Waals surface area contributed by atoms with Gasteiger partial charge in [0, 0.05) is 49.0 Å². The van der Waals surface area contributed by atoms with Crippen LogP contribution in [0, 0.1) is 0 Å². The highest BCUT2D eigenvalue weighted by Gasteiger charge is 2.20. The monoisotopic (exact) mass is 483 g/mol. The number of hydrogen-bond acceptors (Lipinski definition) is 4. The zero-order valence-corrected chi connectivity index (χ0v) is 20.1. The second kappa shape index (κ2) is 10.9. The molecule has 1 heterocycles. The third-order valence-electron chi connectivity index (χ3n) is 5.70. The molecule has 1 aliphatic rings. The van der Waals surface area contributed by atoms with Gasteiger partial charge in [-0.2, -0.15) is 0 Å². The number of carbonyl (C=O) groups is 1. The Bertz CT molecular complexity index is 1100. The van der Waals surface area contributed by atoms with Crippen molar-refractivity contribution >= 4 is 40.5 Å². The number of anilines is 2. The minimum absolute atomic E-state index is 0.185. The highest BCUT2D eigenvalue weighted by Crippen LogP contribution is 2.30. The van der Waals surface area contributed by atoms with Crippen molar-refractivity contribution in [3.63, 3.8) is 0 Å². The molecule has 1 aliphatic heterocycles. The van der Waals surface area contributed by atoms with Crippen LogP contribution in [0.1, 0.15) is 22.8 Å². The predicted octanol–water partition coefficient (Wildman–Crippen LogP) is 5.97. The Labute approximate surface area is 204 Å². The summed E-state index contributed by atoms with van der Waals surface area (Å²) in [6.45, 7) is 6.97. The minimum atomic E-state index is -0.185. The first kappa shape index (κ1) is 23.4. The molecule has 0 unspecified atom stereocenters. The fourth-order valence-electron chi connectivity index (χ4n) is 3.93. The summed E-state index contributed by atoms with van der Waals surface area (Å²) in [4.78, 5) is 17.3. The van der Waals surface area contributed by atoms with Crippen molar-refractivity contribution in [2.24, 2.45) is 0 Å². The largest absolute Gasteiger partial charge is 0.494 e. The molecule has 1 saturated heterocycles. The van der Waals surface area contributed by atoms with Crippen LogP contribution < -0.4 is 15.0 Å². The number of rotatable bonds is 7. The molecule has 0 atom stereocenters. The van der Waals surface area contributed by atoms with E-state index in [-0.39, 0.29) is 5.91 Å². The third-order valence-corrected chi connectivity index (χ3v) is 6.37. The number of piperazine rings is 1. The fraction of sp³-hybridized carbons (Fsp3) is 0.269. The zero-order valence-electron chi connectivity index (χ0n) is 18.6. The molecule has 4 rings (SSSR count). The van der Waals surface area contributed by atoms with Gasteiger partial charge >= 0.3 is 0 Å². The number of nitrogens with one attached hydrogen (secondary N) is 1. The number of hydrogen-bond donors (Lipinski definition) is 1. The van der Waals surface area contributed by atoms with Crippen molar-refractivity contribution in [1.29, 1.82) is 0 Å². The molecule has 0 bridgehead atoms. The molecule has 7 heteroatoms. The standard InChI is InChI=1S/C26H27Cl2N3O2/c1-2-33-22-10-7-19(8-11-22)26(32)29-21-9-12-25(24(28)17-21)31-15-13-30(14-16-31)18-20-5-3-4-6-23(20)27/h3-12,17H,2,13-16,18H2,1H3,(H,29,32). The van der Waals surface area contributed by atoms with Gasteiger partial charge in [0.05, 0.1) is 17.3 Å². The number of amides is 1. The van der Waals surface area contributed by atoms with Crippen molar-refractivity contribution in [2.45, 2.75) is 13.5 Å². The SMILES string of the molecule is CCOc1ccc(C(=O)Nc2ccc(N3CCN(Cc4ccccc4Cl)CC3)c(Cl)c2)cc1. The third kappa shape index (κ3) is 5.99. The highest BCUT2D eigenvalue weighted by atomic mass is 35.5. The number of nitrogens with zero attached hydrogens (tertiary/aromatic N) is 2. The van der Waals surface area contributed by atoms with Crippen LogP contribution in [0.5, 0.6) is 5.75 Å². The van der Waals surface area contributed by atoms with E-state index in [1.165, 1.54) is 0 Å². The van der Waals surface area contributed by atoms with Crippen LogP contribution in [0.15, 0.2) is 66.7 Å². The minimum Gasteiger partial charge on any atom is -0.494 e. The molecule has 172 valence electrons. The van der Waals surface area contributed by atoms with Gasteiger partial charge in [-0.05, 0) is 61.0 Å². The molecule has 1 amide bonds. The Kier molecular flexibility index (Phi) is 7.76. The Balaban J connectivity index is 1.34. The molecule has 0 spiro atoms. The Morgan fingerprint density at radius 3 is 2.33 bits per heavy atom. The Morgan fingerprint density at radius 2 is 1.67 bits per heavy atom. The molecule has 0 aromatic heterocycles. The molecule has 0 radical (unpaired) electrons. The van der Waals surface area contributed by atoms with Crippen molar-refractivity contribution in [3.8, 4) is 5.75 Å². The molecule has 0 saturated carbocycles. The maximum atomic E-state index is 12.6. The summed E-state index contributed by atoms with van der Waals surface area (Å²) in [5.74, 6) is 0.559. The second-order valence-corrected chi connectivity index (χ2v) is 8.75. The van der Waals surface area contributed by atoms with Gasteiger partial charge in [0.25, 0.3) is 5.91 Å². The van der Waals surface area contributed by atoms with E-state index in [2.05, 4.69) is 21.2 Å². The van der Waals surface area contributed by atoms with E-state index in [9.17, 15) is 4.79 Å². The van der Waals surface area contributed by atoms with Gasteiger partial charge in [0.2, 0.25) is 0 Å². The highest BCUT2D eigenvalue weighted by molar-refractivity contribution is 6.33. The topological polar surface area (TPSA) is 44.8 Å². The van der Waals surface area contributed by atoms with Gasteiger partial charge in [-0.15, -0.1) is 0 Å². The van der Waals surface area contributed by atoms with E-state index in [1.54, 1.807) is 30.3 Å². The first-order chi connectivity index (χ1) is 16.0. The van der Waals surface area contributed by atoms with E-state index in [4.69, 9.17) is 27.9 Å². The molecular weight excluding hydrogens is 457 g/mol. The summed E-state index contributed by atoms with van der Waals surface area (Å²) < 4.78 is 5.42. The zero-order chi connectivity index (χ0) is 23.2. The Hall–Kier alpha value is -2.73. The van der Waals surface area contributed by atoms with E-state index < -0.39 is 0 Å². The second-order valence-electron chi connectivity index (χ2n) is 7.93. The fourth-order valence-corrected chi connectivity index (χ4v) is 4.42. The van der Waals surface area contributed by atoms with Crippen LogP contribution in [0.2, 0.25) is 10.0 Å². The van der Waals surface area contributed by atoms with Gasteiger partial charge in [0.15, 0.2) is 0 Å². The summed E-state index contributed by atoms with van der Waals surface area (Å²) in [5, 5.41) is 4.35. The predicted molar refractivity (Wildman–Crippen MR) is 136 cm³/mol. The summed E-state index contributed by atoms with van der Waals surface area (Å²) in [6.07, 6.45) is 0. The lowest BCUT2D eigenvalue weighted by atomic mass is 10.1.